The van der Waals surface area contributed by atoms with Crippen molar-refractivity contribution in [3.63, 3.8) is 0 Å². The lowest BCUT2D eigenvalue weighted by Crippen LogP contribution is -2.50. The van der Waals surface area contributed by atoms with E-state index in [4.69, 9.17) is 4.74 Å². The van der Waals surface area contributed by atoms with Crippen molar-refractivity contribution in [3.8, 4) is 11.1 Å². The molecule has 3 rings (SSSR count). The van der Waals surface area contributed by atoms with Gasteiger partial charge in [0.05, 0.1) is 0 Å². The van der Waals surface area contributed by atoms with Crippen LogP contribution >= 0.6 is 0 Å². The molecule has 1 aliphatic rings. The number of fused-ring (bicyclic) bond motifs is 3. The van der Waals surface area contributed by atoms with Crippen molar-refractivity contribution in [1.29, 1.82) is 0 Å². The molecule has 0 saturated heterocycles. The van der Waals surface area contributed by atoms with Crippen LogP contribution in [0.25, 0.3) is 11.1 Å². The lowest BCUT2D eigenvalue weighted by Gasteiger charge is -2.19. The molecule has 0 fully saturated rings. The second-order valence-corrected chi connectivity index (χ2v) is 7.73. The molecule has 164 valence electrons. The zero-order valence-corrected chi connectivity index (χ0v) is 17.8. The third-order valence-electron chi connectivity index (χ3n) is 5.53. The lowest BCUT2D eigenvalue weighted by atomic mass is 9.98. The number of alkyl carbamates (subject to hydrolysis) is 1. The summed E-state index contributed by atoms with van der Waals surface area (Å²) in [4.78, 5) is 35.9. The number of unbranched alkanes of at least 4 members (excludes halogenated alkanes) is 1. The van der Waals surface area contributed by atoms with Crippen molar-refractivity contribution in [2.24, 2.45) is 0 Å². The lowest BCUT2D eigenvalue weighted by molar-refractivity contribution is -0.142. The molecule has 2 aromatic carbocycles. The summed E-state index contributed by atoms with van der Waals surface area (Å²) in [6.45, 7) is 3.58. The van der Waals surface area contributed by atoms with Gasteiger partial charge in [0.15, 0.2) is 0 Å². The minimum atomic E-state index is -1.09. The Morgan fingerprint density at radius 1 is 1.00 bits per heavy atom. The van der Waals surface area contributed by atoms with Gasteiger partial charge >= 0.3 is 12.1 Å². The molecule has 3 N–H and O–H groups in total. The summed E-state index contributed by atoms with van der Waals surface area (Å²) < 4.78 is 5.43. The summed E-state index contributed by atoms with van der Waals surface area (Å²) >= 11 is 0. The predicted octanol–water partition coefficient (Wildman–Crippen LogP) is 3.67. The number of amides is 2. The van der Waals surface area contributed by atoms with E-state index >= 15 is 0 Å². The number of carbonyl (C=O) groups is 3. The van der Waals surface area contributed by atoms with E-state index in [2.05, 4.69) is 22.8 Å². The fourth-order valence-electron chi connectivity index (χ4n) is 3.84. The Bertz CT molecular complexity index is 913. The first-order chi connectivity index (χ1) is 14.9. The molecule has 1 unspecified atom stereocenters. The highest BCUT2D eigenvalue weighted by Crippen LogP contribution is 2.44. The molecule has 2 aromatic rings. The summed E-state index contributed by atoms with van der Waals surface area (Å²) in [7, 11) is 0. The SMILES string of the molecule is CCCC[C@H](NC(=O)C(C)NC(=O)OCC1c2ccccc2-c2ccccc21)C(=O)O. The molecule has 0 radical (unpaired) electrons. The second-order valence-electron chi connectivity index (χ2n) is 7.73. The van der Waals surface area contributed by atoms with E-state index in [0.29, 0.717) is 12.8 Å². The Morgan fingerprint density at radius 3 is 2.13 bits per heavy atom. The number of benzene rings is 2. The van der Waals surface area contributed by atoms with E-state index < -0.39 is 30.1 Å². The van der Waals surface area contributed by atoms with E-state index in [1.807, 2.05) is 43.3 Å². The number of carboxylic acids is 1. The summed E-state index contributed by atoms with van der Waals surface area (Å²) in [5.74, 6) is -1.72. The Labute approximate surface area is 181 Å². The van der Waals surface area contributed by atoms with Gasteiger partial charge in [-0.05, 0) is 35.6 Å². The summed E-state index contributed by atoms with van der Waals surface area (Å²) in [6.07, 6.45) is 1.14. The molecule has 0 aromatic heterocycles. The maximum Gasteiger partial charge on any atom is 0.407 e. The van der Waals surface area contributed by atoms with Crippen molar-refractivity contribution in [1.82, 2.24) is 10.6 Å². The van der Waals surface area contributed by atoms with Crippen LogP contribution in [0, 0.1) is 0 Å². The molecule has 0 heterocycles. The highest BCUT2D eigenvalue weighted by molar-refractivity contribution is 5.89. The van der Waals surface area contributed by atoms with Gasteiger partial charge in [-0.2, -0.15) is 0 Å². The Morgan fingerprint density at radius 2 is 1.58 bits per heavy atom. The Hall–Kier alpha value is -3.35. The van der Waals surface area contributed by atoms with Crippen LogP contribution in [0.1, 0.15) is 50.2 Å². The van der Waals surface area contributed by atoms with Gasteiger partial charge in [0.1, 0.15) is 18.7 Å². The fourth-order valence-corrected chi connectivity index (χ4v) is 3.84. The largest absolute Gasteiger partial charge is 0.480 e. The van der Waals surface area contributed by atoms with Crippen LogP contribution in [0.2, 0.25) is 0 Å². The van der Waals surface area contributed by atoms with E-state index in [9.17, 15) is 19.5 Å². The smallest absolute Gasteiger partial charge is 0.407 e. The van der Waals surface area contributed by atoms with Crippen LogP contribution in [0.4, 0.5) is 4.79 Å². The Balaban J connectivity index is 1.57. The number of carboxylic acid groups (broad SMARTS) is 1. The van der Waals surface area contributed by atoms with E-state index in [1.165, 1.54) is 6.92 Å². The van der Waals surface area contributed by atoms with Crippen molar-refractivity contribution in [2.45, 2.75) is 51.1 Å². The topological polar surface area (TPSA) is 105 Å². The third-order valence-corrected chi connectivity index (χ3v) is 5.53. The van der Waals surface area contributed by atoms with Crippen molar-refractivity contribution in [3.05, 3.63) is 59.7 Å². The standard InChI is InChI=1S/C24H28N2O5/c1-3-4-13-21(23(28)29)26-22(27)15(2)25-24(30)31-14-20-18-11-7-5-9-16(18)17-10-6-8-12-19(17)20/h5-12,15,20-21H,3-4,13-14H2,1-2H3,(H,25,30)(H,26,27)(H,28,29)/t15?,21-/m0/s1. The van der Waals surface area contributed by atoms with Gasteiger partial charge in [0.25, 0.3) is 0 Å². The van der Waals surface area contributed by atoms with Gasteiger partial charge in [0, 0.05) is 5.92 Å². The van der Waals surface area contributed by atoms with Gasteiger partial charge in [-0.25, -0.2) is 9.59 Å². The van der Waals surface area contributed by atoms with E-state index in [-0.39, 0.29) is 12.5 Å². The summed E-state index contributed by atoms with van der Waals surface area (Å²) in [5, 5.41) is 14.2. The van der Waals surface area contributed by atoms with Crippen LogP contribution in [-0.2, 0) is 14.3 Å². The average molecular weight is 424 g/mol. The molecule has 0 aliphatic heterocycles. The maximum absolute atomic E-state index is 12.3. The van der Waals surface area contributed by atoms with Crippen LogP contribution < -0.4 is 10.6 Å². The molecule has 0 saturated carbocycles. The number of nitrogens with one attached hydrogen (secondary N) is 2. The van der Waals surface area contributed by atoms with Crippen molar-refractivity contribution < 1.29 is 24.2 Å². The number of aliphatic carboxylic acids is 1. The van der Waals surface area contributed by atoms with Crippen molar-refractivity contribution >= 4 is 18.0 Å². The Kier molecular flexibility index (Phi) is 7.28. The van der Waals surface area contributed by atoms with Gasteiger partial charge in [-0.3, -0.25) is 4.79 Å². The number of hydrogen-bond donors (Lipinski definition) is 3. The van der Waals surface area contributed by atoms with Crippen LogP contribution in [0.15, 0.2) is 48.5 Å². The summed E-state index contributed by atoms with van der Waals surface area (Å²) in [6, 6.07) is 14.2. The summed E-state index contributed by atoms with van der Waals surface area (Å²) in [5.41, 5.74) is 4.46. The number of rotatable bonds is 9. The zero-order valence-electron chi connectivity index (χ0n) is 17.8. The quantitative estimate of drug-likeness (QED) is 0.570. The first-order valence-corrected chi connectivity index (χ1v) is 10.6. The highest BCUT2D eigenvalue weighted by atomic mass is 16.5. The second kappa shape index (κ2) is 10.1. The van der Waals surface area contributed by atoms with Gasteiger partial charge < -0.3 is 20.5 Å². The van der Waals surface area contributed by atoms with Crippen LogP contribution in [0.3, 0.4) is 0 Å². The van der Waals surface area contributed by atoms with Gasteiger partial charge in [-0.1, -0.05) is 68.3 Å². The third kappa shape index (κ3) is 5.23. The molecule has 1 aliphatic carbocycles. The van der Waals surface area contributed by atoms with Gasteiger partial charge in [0.2, 0.25) is 5.91 Å². The van der Waals surface area contributed by atoms with Crippen molar-refractivity contribution in [2.75, 3.05) is 6.61 Å². The molecule has 31 heavy (non-hydrogen) atoms. The molecular formula is C24H28N2O5. The molecular weight excluding hydrogens is 396 g/mol. The zero-order chi connectivity index (χ0) is 22.4. The maximum atomic E-state index is 12.3. The molecule has 7 nitrogen and oxygen atoms in total. The predicted molar refractivity (Wildman–Crippen MR) is 117 cm³/mol. The average Bonchev–Trinajstić information content (AvgIpc) is 3.08. The van der Waals surface area contributed by atoms with E-state index in [0.717, 1.165) is 28.7 Å². The number of carbonyl (C=O) groups excluding carboxylic acids is 2. The fraction of sp³-hybridized carbons (Fsp3) is 0.375. The first-order valence-electron chi connectivity index (χ1n) is 10.6. The molecule has 2 atom stereocenters. The normalized spacial score (nSPS) is 14.1. The minimum Gasteiger partial charge on any atom is -0.480 e. The minimum absolute atomic E-state index is 0.0762. The van der Waals surface area contributed by atoms with Crippen LogP contribution in [-0.4, -0.2) is 41.8 Å². The number of ether oxygens (including phenoxy) is 1. The number of hydrogen-bond acceptors (Lipinski definition) is 4. The molecule has 0 spiro atoms. The molecule has 0 bridgehead atoms. The first kappa shape index (κ1) is 22.3. The van der Waals surface area contributed by atoms with Gasteiger partial charge in [-0.15, -0.1) is 0 Å². The molecule has 7 heteroatoms. The monoisotopic (exact) mass is 424 g/mol. The highest BCUT2D eigenvalue weighted by Gasteiger charge is 2.29. The molecule has 2 amide bonds. The van der Waals surface area contributed by atoms with E-state index in [1.54, 1.807) is 0 Å². The van der Waals surface area contributed by atoms with Crippen LogP contribution in [0.5, 0.6) is 0 Å².